The summed E-state index contributed by atoms with van der Waals surface area (Å²) in [6, 6.07) is 23.9. The molecule has 1 heterocycles. The number of nitriles is 1. The topological polar surface area (TPSA) is 58.2 Å². The summed E-state index contributed by atoms with van der Waals surface area (Å²) in [7, 11) is 0. The molecule has 0 aliphatic carbocycles. The normalized spacial score (nSPS) is 10.2. The predicted octanol–water partition coefficient (Wildman–Crippen LogP) is 3.53. The van der Waals surface area contributed by atoms with Crippen molar-refractivity contribution >= 4 is 0 Å². The Balaban J connectivity index is 1.98. The van der Waals surface area contributed by atoms with Crippen molar-refractivity contribution in [1.82, 2.24) is 0 Å². The molecule has 3 aromatic rings. The zero-order chi connectivity index (χ0) is 16.1. The van der Waals surface area contributed by atoms with Gasteiger partial charge < -0.3 is 5.11 Å². The molecular weight excluding hydrogens is 284 g/mol. The summed E-state index contributed by atoms with van der Waals surface area (Å²) in [5, 5.41) is 19.1. The van der Waals surface area contributed by atoms with Crippen molar-refractivity contribution in [2.75, 3.05) is 0 Å². The molecule has 0 spiro atoms. The fraction of sp³-hybridized carbons (Fsp3) is 0.100. The van der Waals surface area contributed by atoms with Crippen LogP contribution < -0.4 is 4.98 Å². The maximum absolute atomic E-state index is 9.98. The maximum atomic E-state index is 9.98. The number of benzene rings is 2. The second kappa shape index (κ2) is 6.76. The average molecular weight is 301 g/mol. The van der Waals surface area contributed by atoms with E-state index < -0.39 is 0 Å². The average Bonchev–Trinajstić information content (AvgIpc) is 2.61. The number of rotatable bonds is 4. The van der Waals surface area contributed by atoms with Gasteiger partial charge in [0.05, 0.1) is 5.56 Å². The van der Waals surface area contributed by atoms with Crippen molar-refractivity contribution in [2.45, 2.75) is 12.8 Å². The number of H-pyrrole nitrogens is 1. The molecule has 0 saturated heterocycles. The van der Waals surface area contributed by atoms with E-state index in [9.17, 15) is 5.11 Å². The van der Waals surface area contributed by atoms with Gasteiger partial charge in [-0.05, 0) is 23.6 Å². The lowest BCUT2D eigenvalue weighted by Crippen LogP contribution is -2.15. The molecule has 0 atom stereocenters. The third-order valence-corrected chi connectivity index (χ3v) is 3.85. The molecule has 112 valence electrons. The minimum atomic E-state index is -0.0738. The minimum absolute atomic E-state index is 0.0738. The van der Waals surface area contributed by atoms with Crippen LogP contribution in [0.3, 0.4) is 0 Å². The fourth-order valence-corrected chi connectivity index (χ4v) is 2.65. The molecule has 0 aliphatic rings. The highest BCUT2D eigenvalue weighted by atomic mass is 16.3. The molecule has 23 heavy (non-hydrogen) atoms. The first kappa shape index (κ1) is 14.8. The van der Waals surface area contributed by atoms with E-state index in [0.29, 0.717) is 0 Å². The van der Waals surface area contributed by atoms with Crippen molar-refractivity contribution in [1.29, 1.82) is 5.26 Å². The summed E-state index contributed by atoms with van der Waals surface area (Å²) in [6.45, 7) is 0. The molecule has 0 amide bonds. The number of nitrogens with one attached hydrogen (secondary N) is 1. The van der Waals surface area contributed by atoms with Crippen LogP contribution in [-0.4, -0.2) is 5.11 Å². The van der Waals surface area contributed by atoms with Gasteiger partial charge in [-0.25, -0.2) is 0 Å². The van der Waals surface area contributed by atoms with Crippen LogP contribution in [0.2, 0.25) is 0 Å². The van der Waals surface area contributed by atoms with E-state index in [2.05, 4.69) is 17.1 Å². The Labute approximate surface area is 135 Å². The van der Waals surface area contributed by atoms with E-state index in [1.165, 1.54) is 5.56 Å². The Morgan fingerprint density at radius 1 is 0.913 bits per heavy atom. The molecular formula is C20H17N2O+. The van der Waals surface area contributed by atoms with Gasteiger partial charge in [0.25, 0.3) is 0 Å². The van der Waals surface area contributed by atoms with Gasteiger partial charge in [0.2, 0.25) is 0 Å². The smallest absolute Gasteiger partial charge is 0.382 e. The van der Waals surface area contributed by atoms with Gasteiger partial charge in [-0.3, -0.25) is 0 Å². The van der Waals surface area contributed by atoms with Crippen molar-refractivity contribution < 1.29 is 10.1 Å². The second-order valence-corrected chi connectivity index (χ2v) is 5.39. The molecule has 0 unspecified atom stereocenters. The van der Waals surface area contributed by atoms with Crippen LogP contribution in [-0.2, 0) is 12.8 Å². The number of hydrogen-bond donors (Lipinski definition) is 1. The first-order valence-electron chi connectivity index (χ1n) is 7.55. The van der Waals surface area contributed by atoms with Gasteiger partial charge in [0.1, 0.15) is 6.07 Å². The molecule has 2 aromatic carbocycles. The van der Waals surface area contributed by atoms with Gasteiger partial charge in [0, 0.05) is 6.42 Å². The number of aromatic hydroxyl groups is 1. The predicted molar refractivity (Wildman–Crippen MR) is 88.7 cm³/mol. The summed E-state index contributed by atoms with van der Waals surface area (Å²) in [6.07, 6.45) is 1.62. The summed E-state index contributed by atoms with van der Waals surface area (Å²) in [4.78, 5) is 3.00. The number of pyridine rings is 1. The summed E-state index contributed by atoms with van der Waals surface area (Å²) in [5.41, 5.74) is 4.41. The third kappa shape index (κ3) is 3.38. The van der Waals surface area contributed by atoms with E-state index in [1.807, 2.05) is 54.6 Å². The molecule has 2 N–H and O–H groups in total. The fourth-order valence-electron chi connectivity index (χ4n) is 2.65. The first-order valence-corrected chi connectivity index (χ1v) is 7.55. The van der Waals surface area contributed by atoms with Crippen molar-refractivity contribution in [3.63, 3.8) is 0 Å². The van der Waals surface area contributed by atoms with Crippen molar-refractivity contribution in [2.24, 2.45) is 0 Å². The minimum Gasteiger partial charge on any atom is -0.459 e. The monoisotopic (exact) mass is 301 g/mol. The van der Waals surface area contributed by atoms with Crippen molar-refractivity contribution in [3.8, 4) is 23.1 Å². The van der Waals surface area contributed by atoms with Gasteiger partial charge >= 0.3 is 5.88 Å². The number of aromatic nitrogens is 1. The molecule has 3 heteroatoms. The van der Waals surface area contributed by atoms with Gasteiger partial charge in [-0.15, -0.1) is 0 Å². The summed E-state index contributed by atoms with van der Waals surface area (Å²) >= 11 is 0. The van der Waals surface area contributed by atoms with Crippen LogP contribution in [0, 0.1) is 11.3 Å². The Kier molecular flexibility index (Phi) is 4.35. The van der Waals surface area contributed by atoms with E-state index in [1.54, 1.807) is 6.07 Å². The summed E-state index contributed by atoms with van der Waals surface area (Å²) < 4.78 is 0. The molecule has 1 aromatic heterocycles. The van der Waals surface area contributed by atoms with Crippen LogP contribution >= 0.6 is 0 Å². The molecule has 0 radical (unpaired) electrons. The van der Waals surface area contributed by atoms with Crippen LogP contribution in [0.25, 0.3) is 11.1 Å². The van der Waals surface area contributed by atoms with Crippen LogP contribution in [0.1, 0.15) is 16.8 Å². The molecule has 0 saturated carbocycles. The Morgan fingerprint density at radius 2 is 1.57 bits per heavy atom. The maximum Gasteiger partial charge on any atom is 0.382 e. The summed E-state index contributed by atoms with van der Waals surface area (Å²) in [5.74, 6) is -0.0738. The number of aryl methyl sites for hydroxylation is 2. The zero-order valence-corrected chi connectivity index (χ0v) is 12.7. The van der Waals surface area contributed by atoms with Gasteiger partial charge in [0.15, 0.2) is 11.3 Å². The SMILES string of the molecule is N#Cc1cc(-c2ccccc2)c(CCc2ccccc2)[nH+]c1O. The molecule has 0 aliphatic heterocycles. The first-order chi connectivity index (χ1) is 11.3. The molecule has 3 nitrogen and oxygen atoms in total. The molecule has 0 fully saturated rings. The van der Waals surface area contributed by atoms with Gasteiger partial charge in [-0.1, -0.05) is 60.7 Å². The van der Waals surface area contributed by atoms with Gasteiger partial charge in [-0.2, -0.15) is 10.2 Å². The van der Waals surface area contributed by atoms with E-state index >= 15 is 0 Å². The second-order valence-electron chi connectivity index (χ2n) is 5.39. The Bertz CT molecular complexity index is 837. The van der Waals surface area contributed by atoms with Crippen LogP contribution in [0.15, 0.2) is 66.7 Å². The molecule has 3 rings (SSSR count). The largest absolute Gasteiger partial charge is 0.459 e. The highest BCUT2D eigenvalue weighted by Gasteiger charge is 2.18. The number of nitrogens with zero attached hydrogens (tertiary/aromatic N) is 1. The lowest BCUT2D eigenvalue weighted by molar-refractivity contribution is -0.405. The van der Waals surface area contributed by atoms with E-state index in [4.69, 9.17) is 5.26 Å². The Hall–Kier alpha value is -3.12. The Morgan fingerprint density at radius 3 is 2.22 bits per heavy atom. The quantitative estimate of drug-likeness (QED) is 0.801. The number of hydrogen-bond acceptors (Lipinski definition) is 2. The highest BCUT2D eigenvalue weighted by molar-refractivity contribution is 5.67. The number of aromatic amines is 1. The zero-order valence-electron chi connectivity index (χ0n) is 12.7. The van der Waals surface area contributed by atoms with E-state index in [-0.39, 0.29) is 11.4 Å². The lowest BCUT2D eigenvalue weighted by Gasteiger charge is -2.06. The lowest BCUT2D eigenvalue weighted by atomic mass is 9.98. The van der Waals surface area contributed by atoms with Crippen molar-refractivity contribution in [3.05, 3.63) is 83.6 Å². The van der Waals surface area contributed by atoms with Crippen LogP contribution in [0.4, 0.5) is 0 Å². The van der Waals surface area contributed by atoms with Crippen LogP contribution in [0.5, 0.6) is 5.88 Å². The standard InChI is InChI=1S/C20H16N2O/c21-14-17-13-18(16-9-5-2-6-10-16)19(22-20(17)23)12-11-15-7-3-1-4-8-15/h1-10,13H,11-12H2,(H,22,23)/p+1. The molecule has 0 bridgehead atoms. The highest BCUT2D eigenvalue weighted by Crippen LogP contribution is 2.25. The van der Waals surface area contributed by atoms with E-state index in [0.717, 1.165) is 29.7 Å². The third-order valence-electron chi connectivity index (χ3n) is 3.85.